The molecule has 0 aliphatic rings. The van der Waals surface area contributed by atoms with Gasteiger partial charge >= 0.3 is 5.97 Å². The van der Waals surface area contributed by atoms with Gasteiger partial charge in [0.25, 0.3) is 5.91 Å². The zero-order valence-electron chi connectivity index (χ0n) is 13.0. The van der Waals surface area contributed by atoms with Crippen LogP contribution in [0.2, 0.25) is 0 Å². The lowest BCUT2D eigenvalue weighted by Gasteiger charge is -2.08. The van der Waals surface area contributed by atoms with Crippen LogP contribution < -0.4 is 5.32 Å². The van der Waals surface area contributed by atoms with E-state index in [1.807, 2.05) is 48.7 Å². The fourth-order valence-corrected chi connectivity index (χ4v) is 2.65. The van der Waals surface area contributed by atoms with Gasteiger partial charge in [0.1, 0.15) is 0 Å². The van der Waals surface area contributed by atoms with Crippen molar-refractivity contribution in [2.24, 2.45) is 0 Å². The van der Waals surface area contributed by atoms with Gasteiger partial charge in [-0.2, -0.15) is 0 Å². The molecule has 2 rings (SSSR count). The lowest BCUT2D eigenvalue weighted by Crippen LogP contribution is -2.30. The van der Waals surface area contributed by atoms with E-state index in [4.69, 9.17) is 4.74 Å². The van der Waals surface area contributed by atoms with Crippen LogP contribution in [0, 0.1) is 0 Å². The van der Waals surface area contributed by atoms with E-state index in [0.717, 1.165) is 16.9 Å². The molecule has 4 nitrogen and oxygen atoms in total. The van der Waals surface area contributed by atoms with Crippen molar-refractivity contribution in [3.8, 4) is 0 Å². The van der Waals surface area contributed by atoms with Crippen molar-refractivity contribution >= 4 is 23.6 Å². The first-order valence-corrected chi connectivity index (χ1v) is 8.54. The molecule has 120 valence electrons. The Morgan fingerprint density at radius 2 is 1.74 bits per heavy atom. The van der Waals surface area contributed by atoms with Gasteiger partial charge in [-0.05, 0) is 30.4 Å². The highest BCUT2D eigenvalue weighted by Gasteiger charge is 2.13. The summed E-state index contributed by atoms with van der Waals surface area (Å²) in [7, 11) is 0. The summed E-state index contributed by atoms with van der Waals surface area (Å²) in [5, 5.41) is 2.75. The Balaban J connectivity index is 1.74. The van der Waals surface area contributed by atoms with Gasteiger partial charge in [-0.15, -0.1) is 11.8 Å². The lowest BCUT2D eigenvalue weighted by atomic mass is 10.1. The largest absolute Gasteiger partial charge is 0.452 e. The molecule has 0 atom stereocenters. The highest BCUT2D eigenvalue weighted by atomic mass is 32.2. The number of benzene rings is 2. The maximum Gasteiger partial charge on any atom is 0.339 e. The van der Waals surface area contributed by atoms with Crippen molar-refractivity contribution in [1.29, 1.82) is 0 Å². The van der Waals surface area contributed by atoms with Crippen LogP contribution in [0.3, 0.4) is 0 Å². The average Bonchev–Trinajstić information content (AvgIpc) is 2.60. The fourth-order valence-electron chi connectivity index (χ4n) is 2.06. The van der Waals surface area contributed by atoms with Gasteiger partial charge in [-0.25, -0.2) is 4.79 Å². The Labute approximate surface area is 140 Å². The number of carbonyl (C=O) groups excluding carboxylic acids is 2. The van der Waals surface area contributed by atoms with Gasteiger partial charge in [0.05, 0.1) is 5.56 Å². The molecular formula is C18H19NO3S. The topological polar surface area (TPSA) is 55.4 Å². The van der Waals surface area contributed by atoms with Crippen LogP contribution in [0.5, 0.6) is 0 Å². The van der Waals surface area contributed by atoms with Gasteiger partial charge in [-0.3, -0.25) is 4.79 Å². The van der Waals surface area contributed by atoms with Crippen molar-refractivity contribution in [3.05, 3.63) is 65.7 Å². The highest BCUT2D eigenvalue weighted by molar-refractivity contribution is 7.98. The molecule has 2 aromatic rings. The molecule has 2 aromatic carbocycles. The second-order valence-corrected chi connectivity index (χ2v) is 5.71. The van der Waals surface area contributed by atoms with E-state index in [2.05, 4.69) is 5.32 Å². The molecule has 23 heavy (non-hydrogen) atoms. The minimum absolute atomic E-state index is 0.268. The van der Waals surface area contributed by atoms with E-state index in [-0.39, 0.29) is 12.5 Å². The fraction of sp³-hybridized carbons (Fsp3) is 0.222. The number of hydrogen-bond acceptors (Lipinski definition) is 4. The van der Waals surface area contributed by atoms with Crippen molar-refractivity contribution in [2.75, 3.05) is 19.4 Å². The van der Waals surface area contributed by atoms with Crippen molar-refractivity contribution in [2.45, 2.75) is 11.3 Å². The van der Waals surface area contributed by atoms with Crippen molar-refractivity contribution in [3.63, 3.8) is 0 Å². The Kier molecular flexibility index (Phi) is 6.69. The zero-order chi connectivity index (χ0) is 16.5. The Hall–Kier alpha value is -2.27. The SMILES string of the molecule is CSc1ccccc1C(=O)OCC(=O)NCCc1ccccc1. The maximum absolute atomic E-state index is 12.0. The van der Waals surface area contributed by atoms with E-state index < -0.39 is 5.97 Å². The maximum atomic E-state index is 12.0. The first-order valence-electron chi connectivity index (χ1n) is 7.31. The Morgan fingerprint density at radius 3 is 2.48 bits per heavy atom. The average molecular weight is 329 g/mol. The predicted molar refractivity (Wildman–Crippen MR) is 91.7 cm³/mol. The molecule has 0 aliphatic heterocycles. The van der Waals surface area contributed by atoms with Gasteiger partial charge < -0.3 is 10.1 Å². The van der Waals surface area contributed by atoms with E-state index >= 15 is 0 Å². The third-order valence-corrected chi connectivity index (χ3v) is 4.04. The second kappa shape index (κ2) is 9.00. The molecule has 5 heteroatoms. The quantitative estimate of drug-likeness (QED) is 0.627. The van der Waals surface area contributed by atoms with Crippen molar-refractivity contribution in [1.82, 2.24) is 5.32 Å². The molecule has 0 unspecified atom stereocenters. The standard InChI is InChI=1S/C18H19NO3S/c1-23-16-10-6-5-9-15(16)18(21)22-13-17(20)19-12-11-14-7-3-2-4-8-14/h2-10H,11-13H2,1H3,(H,19,20). The van der Waals surface area contributed by atoms with Gasteiger partial charge in [0.15, 0.2) is 6.61 Å². The zero-order valence-corrected chi connectivity index (χ0v) is 13.8. The molecule has 1 amide bonds. The molecule has 0 spiro atoms. The van der Waals surface area contributed by atoms with E-state index in [1.54, 1.807) is 12.1 Å². The molecule has 0 aromatic heterocycles. The molecule has 0 aliphatic carbocycles. The number of carbonyl (C=O) groups is 2. The van der Waals surface area contributed by atoms with E-state index in [1.165, 1.54) is 11.8 Å². The van der Waals surface area contributed by atoms with E-state index in [9.17, 15) is 9.59 Å². The number of ether oxygens (including phenoxy) is 1. The number of nitrogens with one attached hydrogen (secondary N) is 1. The summed E-state index contributed by atoms with van der Waals surface area (Å²) < 4.78 is 5.07. The van der Waals surface area contributed by atoms with Gasteiger partial charge in [0, 0.05) is 11.4 Å². The monoisotopic (exact) mass is 329 g/mol. The third-order valence-electron chi connectivity index (χ3n) is 3.24. The molecule has 0 radical (unpaired) electrons. The minimum atomic E-state index is -0.479. The summed E-state index contributed by atoms with van der Waals surface area (Å²) >= 11 is 1.47. The molecule has 0 saturated heterocycles. The molecule has 1 N–H and O–H groups in total. The molecule has 0 fully saturated rings. The van der Waals surface area contributed by atoms with Crippen LogP contribution in [0.1, 0.15) is 15.9 Å². The van der Waals surface area contributed by atoms with Crippen LogP contribution >= 0.6 is 11.8 Å². The summed E-state index contributed by atoms with van der Waals surface area (Å²) in [5.41, 5.74) is 1.63. The van der Waals surface area contributed by atoms with Crippen LogP contribution in [0.25, 0.3) is 0 Å². The molecular weight excluding hydrogens is 310 g/mol. The summed E-state index contributed by atoms with van der Waals surface area (Å²) in [5.74, 6) is -0.774. The minimum Gasteiger partial charge on any atom is -0.452 e. The predicted octanol–water partition coefficient (Wildman–Crippen LogP) is 2.92. The van der Waals surface area contributed by atoms with Crippen LogP contribution in [-0.2, 0) is 16.0 Å². The molecule has 0 saturated carbocycles. The smallest absolute Gasteiger partial charge is 0.339 e. The number of hydrogen-bond donors (Lipinski definition) is 1. The number of esters is 1. The van der Waals surface area contributed by atoms with Crippen LogP contribution in [-0.4, -0.2) is 31.3 Å². The number of thioether (sulfide) groups is 1. The Morgan fingerprint density at radius 1 is 1.04 bits per heavy atom. The second-order valence-electron chi connectivity index (χ2n) is 4.86. The molecule has 0 heterocycles. The highest BCUT2D eigenvalue weighted by Crippen LogP contribution is 2.20. The first kappa shape index (κ1) is 17.1. The summed E-state index contributed by atoms with van der Waals surface area (Å²) in [4.78, 5) is 24.6. The number of amides is 1. The third kappa shape index (κ3) is 5.45. The van der Waals surface area contributed by atoms with E-state index in [0.29, 0.717) is 12.1 Å². The van der Waals surface area contributed by atoms with Gasteiger partial charge in [-0.1, -0.05) is 42.5 Å². The normalized spacial score (nSPS) is 10.1. The summed E-state index contributed by atoms with van der Waals surface area (Å²) in [6.45, 7) is 0.248. The summed E-state index contributed by atoms with van der Waals surface area (Å²) in [6.07, 6.45) is 2.64. The Bertz CT molecular complexity index is 658. The molecule has 0 bridgehead atoms. The lowest BCUT2D eigenvalue weighted by molar-refractivity contribution is -0.124. The van der Waals surface area contributed by atoms with Crippen LogP contribution in [0.15, 0.2) is 59.5 Å². The van der Waals surface area contributed by atoms with Crippen LogP contribution in [0.4, 0.5) is 0 Å². The first-order chi connectivity index (χ1) is 11.2. The summed E-state index contributed by atoms with van der Waals surface area (Å²) in [6, 6.07) is 17.1. The van der Waals surface area contributed by atoms with Crippen molar-refractivity contribution < 1.29 is 14.3 Å². The number of rotatable bonds is 7. The van der Waals surface area contributed by atoms with Gasteiger partial charge in [0.2, 0.25) is 0 Å².